The van der Waals surface area contributed by atoms with Gasteiger partial charge in [-0.2, -0.15) is 0 Å². The summed E-state index contributed by atoms with van der Waals surface area (Å²) >= 11 is 6.05. The smallest absolute Gasteiger partial charge is 0.0601 e. The molecule has 0 saturated heterocycles. The second-order valence-corrected chi connectivity index (χ2v) is 4.96. The van der Waals surface area contributed by atoms with Crippen molar-refractivity contribution < 1.29 is 0 Å². The van der Waals surface area contributed by atoms with Crippen LogP contribution < -0.4 is 10.6 Å². The fourth-order valence-electron chi connectivity index (χ4n) is 1.94. The number of nitrogens with zero attached hydrogens (tertiary/aromatic N) is 1. The largest absolute Gasteiger partial charge is 0.397 e. The van der Waals surface area contributed by atoms with Crippen molar-refractivity contribution in [1.82, 2.24) is 4.98 Å². The molecule has 0 radical (unpaired) electrons. The van der Waals surface area contributed by atoms with E-state index >= 15 is 0 Å². The maximum Gasteiger partial charge on any atom is 0.0601 e. The Morgan fingerprint density at radius 3 is 2.83 bits per heavy atom. The number of rotatable bonds is 4. The first-order valence-corrected chi connectivity index (χ1v) is 6.34. The van der Waals surface area contributed by atoms with E-state index < -0.39 is 0 Å². The van der Waals surface area contributed by atoms with Crippen molar-refractivity contribution in [3.8, 4) is 0 Å². The number of aryl methyl sites for hydroxylation is 1. The molecule has 18 heavy (non-hydrogen) atoms. The summed E-state index contributed by atoms with van der Waals surface area (Å²) in [7, 11) is 2.05. The Labute approximate surface area is 113 Å². The normalized spacial score (nSPS) is 10.6. The summed E-state index contributed by atoms with van der Waals surface area (Å²) in [5.74, 6) is 0. The van der Waals surface area contributed by atoms with E-state index in [0.29, 0.717) is 0 Å². The fourth-order valence-corrected chi connectivity index (χ4v) is 2.12. The number of H-pyrrole nitrogens is 1. The summed E-state index contributed by atoms with van der Waals surface area (Å²) in [6, 6.07) is 5.94. The third-order valence-corrected chi connectivity index (χ3v) is 3.52. The van der Waals surface area contributed by atoms with Gasteiger partial charge in [0, 0.05) is 31.0 Å². The topological polar surface area (TPSA) is 45.0 Å². The molecule has 0 fully saturated rings. The standard InChI is InChI=1S/C14H18ClN3/c1-10-7-14(13(16)8-12(10)15)18(2)6-4-11-3-5-17-9-11/h3,5,7-9,17H,4,6,16H2,1-2H3. The van der Waals surface area contributed by atoms with Crippen molar-refractivity contribution in [2.24, 2.45) is 0 Å². The van der Waals surface area contributed by atoms with Crippen LogP contribution in [0.3, 0.4) is 0 Å². The van der Waals surface area contributed by atoms with E-state index in [1.54, 1.807) is 0 Å². The molecule has 2 aromatic rings. The van der Waals surface area contributed by atoms with Gasteiger partial charge in [-0.15, -0.1) is 0 Å². The Hall–Kier alpha value is -1.61. The highest BCUT2D eigenvalue weighted by Gasteiger charge is 2.08. The predicted octanol–water partition coefficient (Wildman–Crippen LogP) is 3.24. The van der Waals surface area contributed by atoms with Gasteiger partial charge in [-0.3, -0.25) is 0 Å². The van der Waals surface area contributed by atoms with Crippen molar-refractivity contribution in [3.05, 3.63) is 46.7 Å². The molecule has 0 amide bonds. The van der Waals surface area contributed by atoms with Crippen LogP contribution in [0.15, 0.2) is 30.6 Å². The molecule has 96 valence electrons. The fraction of sp³-hybridized carbons (Fsp3) is 0.286. The van der Waals surface area contributed by atoms with E-state index in [2.05, 4.69) is 16.0 Å². The predicted molar refractivity (Wildman–Crippen MR) is 78.4 cm³/mol. The monoisotopic (exact) mass is 263 g/mol. The Bertz CT molecular complexity index is 520. The van der Waals surface area contributed by atoms with Gasteiger partial charge in [-0.25, -0.2) is 0 Å². The highest BCUT2D eigenvalue weighted by Crippen LogP contribution is 2.29. The molecule has 0 unspecified atom stereocenters. The number of likely N-dealkylation sites (N-methyl/N-ethyl adjacent to an activating group) is 1. The molecule has 0 bridgehead atoms. The van der Waals surface area contributed by atoms with Crippen LogP contribution in [-0.4, -0.2) is 18.6 Å². The number of benzene rings is 1. The zero-order valence-electron chi connectivity index (χ0n) is 10.7. The van der Waals surface area contributed by atoms with Crippen LogP contribution in [0.5, 0.6) is 0 Å². The molecule has 1 aromatic carbocycles. The van der Waals surface area contributed by atoms with Crippen LogP contribution in [0.1, 0.15) is 11.1 Å². The van der Waals surface area contributed by atoms with E-state index in [4.69, 9.17) is 17.3 Å². The van der Waals surface area contributed by atoms with E-state index in [-0.39, 0.29) is 0 Å². The first kappa shape index (κ1) is 12.8. The van der Waals surface area contributed by atoms with Crippen molar-refractivity contribution in [2.45, 2.75) is 13.3 Å². The average Bonchev–Trinajstić information content (AvgIpc) is 2.84. The number of nitrogen functional groups attached to an aromatic ring is 1. The van der Waals surface area contributed by atoms with Crippen LogP contribution in [0, 0.1) is 6.92 Å². The van der Waals surface area contributed by atoms with Gasteiger partial charge in [0.15, 0.2) is 0 Å². The number of nitrogens with two attached hydrogens (primary N) is 1. The van der Waals surface area contributed by atoms with Gasteiger partial charge in [0.05, 0.1) is 11.4 Å². The number of halogens is 1. The zero-order chi connectivity index (χ0) is 13.1. The van der Waals surface area contributed by atoms with Crippen LogP contribution >= 0.6 is 11.6 Å². The van der Waals surface area contributed by atoms with Gasteiger partial charge in [-0.05, 0) is 42.7 Å². The molecule has 0 spiro atoms. The van der Waals surface area contributed by atoms with Gasteiger partial charge in [0.25, 0.3) is 0 Å². The summed E-state index contributed by atoms with van der Waals surface area (Å²) in [6.07, 6.45) is 4.95. The van der Waals surface area contributed by atoms with E-state index in [1.165, 1.54) is 5.56 Å². The first-order valence-electron chi connectivity index (χ1n) is 5.96. The number of aromatic nitrogens is 1. The number of anilines is 2. The molecule has 0 saturated carbocycles. The van der Waals surface area contributed by atoms with Gasteiger partial charge in [-0.1, -0.05) is 11.6 Å². The summed E-state index contributed by atoms with van der Waals surface area (Å²) in [6.45, 7) is 2.91. The molecule has 4 heteroatoms. The highest BCUT2D eigenvalue weighted by atomic mass is 35.5. The summed E-state index contributed by atoms with van der Waals surface area (Å²) < 4.78 is 0. The summed E-state index contributed by atoms with van der Waals surface area (Å²) in [4.78, 5) is 5.22. The van der Waals surface area contributed by atoms with Gasteiger partial charge < -0.3 is 15.6 Å². The molecule has 1 heterocycles. The Morgan fingerprint density at radius 1 is 1.39 bits per heavy atom. The van der Waals surface area contributed by atoms with Gasteiger partial charge >= 0.3 is 0 Å². The van der Waals surface area contributed by atoms with Crippen molar-refractivity contribution in [1.29, 1.82) is 0 Å². The minimum atomic E-state index is 0.718. The van der Waals surface area contributed by atoms with E-state index in [1.807, 2.05) is 38.5 Å². The summed E-state index contributed by atoms with van der Waals surface area (Å²) in [5, 5.41) is 0.718. The average molecular weight is 264 g/mol. The maximum absolute atomic E-state index is 6.05. The molecule has 0 aliphatic carbocycles. The molecule has 0 atom stereocenters. The second kappa shape index (κ2) is 5.36. The quantitative estimate of drug-likeness (QED) is 0.832. The molecular weight excluding hydrogens is 246 g/mol. The molecule has 3 N–H and O–H groups in total. The van der Waals surface area contributed by atoms with Crippen molar-refractivity contribution >= 4 is 23.0 Å². The minimum Gasteiger partial charge on any atom is -0.397 e. The van der Waals surface area contributed by atoms with Crippen molar-refractivity contribution in [3.63, 3.8) is 0 Å². The third kappa shape index (κ3) is 2.79. The van der Waals surface area contributed by atoms with Crippen LogP contribution in [0.25, 0.3) is 0 Å². The van der Waals surface area contributed by atoms with Gasteiger partial charge in [0.2, 0.25) is 0 Å². The number of hydrogen-bond donors (Lipinski definition) is 2. The third-order valence-electron chi connectivity index (χ3n) is 3.12. The molecule has 3 nitrogen and oxygen atoms in total. The van der Waals surface area contributed by atoms with Gasteiger partial charge in [0.1, 0.15) is 0 Å². The van der Waals surface area contributed by atoms with Crippen LogP contribution in [0.2, 0.25) is 5.02 Å². The second-order valence-electron chi connectivity index (χ2n) is 4.55. The Morgan fingerprint density at radius 2 is 2.17 bits per heavy atom. The van der Waals surface area contributed by atoms with Crippen molar-refractivity contribution in [2.75, 3.05) is 24.2 Å². The highest BCUT2D eigenvalue weighted by molar-refractivity contribution is 6.31. The number of hydrogen-bond acceptors (Lipinski definition) is 2. The number of nitrogens with one attached hydrogen (secondary N) is 1. The zero-order valence-corrected chi connectivity index (χ0v) is 11.5. The minimum absolute atomic E-state index is 0.718. The van der Waals surface area contributed by atoms with Crippen LogP contribution in [-0.2, 0) is 6.42 Å². The lowest BCUT2D eigenvalue weighted by molar-refractivity contribution is 0.878. The van der Waals surface area contributed by atoms with E-state index in [0.717, 1.165) is 34.9 Å². The maximum atomic E-state index is 6.05. The molecule has 2 rings (SSSR count). The summed E-state index contributed by atoms with van der Waals surface area (Å²) in [5.41, 5.74) is 10.1. The lowest BCUT2D eigenvalue weighted by Gasteiger charge is -2.21. The van der Waals surface area contributed by atoms with E-state index in [9.17, 15) is 0 Å². The SMILES string of the molecule is Cc1cc(N(C)CCc2cc[nH]c2)c(N)cc1Cl. The number of aromatic amines is 1. The first-order chi connectivity index (χ1) is 8.58. The Kier molecular flexibility index (Phi) is 3.82. The lowest BCUT2D eigenvalue weighted by Crippen LogP contribution is -2.21. The molecule has 1 aromatic heterocycles. The Balaban J connectivity index is 2.09. The van der Waals surface area contributed by atoms with Crippen LogP contribution in [0.4, 0.5) is 11.4 Å². The lowest BCUT2D eigenvalue weighted by atomic mass is 10.1. The molecular formula is C14H18ClN3. The molecule has 0 aliphatic heterocycles. The molecule has 0 aliphatic rings.